The Bertz CT molecular complexity index is 750. The molecule has 2 aromatic heterocycles. The van der Waals surface area contributed by atoms with Crippen molar-refractivity contribution in [3.05, 3.63) is 41.2 Å². The third-order valence-corrected chi connectivity index (χ3v) is 5.31. The third kappa shape index (κ3) is 2.22. The summed E-state index contributed by atoms with van der Waals surface area (Å²) in [5, 5.41) is 1.02. The van der Waals surface area contributed by atoms with Gasteiger partial charge < -0.3 is 4.90 Å². The van der Waals surface area contributed by atoms with Crippen LogP contribution in [0.1, 0.15) is 34.4 Å². The first kappa shape index (κ1) is 12.8. The maximum Gasteiger partial charge on any atom is 0.275 e. The molecule has 3 aromatic rings. The van der Waals surface area contributed by atoms with Gasteiger partial charge in [0.1, 0.15) is 5.01 Å². The topological polar surface area (TPSA) is 59.0 Å². The lowest BCUT2D eigenvalue weighted by molar-refractivity contribution is 0.0730. The van der Waals surface area contributed by atoms with E-state index in [1.165, 1.54) is 4.70 Å². The van der Waals surface area contributed by atoms with Crippen LogP contribution >= 0.6 is 23.1 Å². The standard InChI is InChI=1S/C14H12N4OS2/c19-14(10-8-15-21-17-10)18-7-3-5-11(18)13-16-9-4-1-2-6-12(9)20-13/h1-2,4,6,8,11H,3,5,7H2/t11-/m0/s1. The van der Waals surface area contributed by atoms with E-state index in [0.717, 1.165) is 41.6 Å². The Kier molecular flexibility index (Phi) is 3.16. The highest BCUT2D eigenvalue weighted by molar-refractivity contribution is 7.18. The van der Waals surface area contributed by atoms with Crippen LogP contribution in [0.3, 0.4) is 0 Å². The van der Waals surface area contributed by atoms with Crippen molar-refractivity contribution in [2.24, 2.45) is 0 Å². The van der Waals surface area contributed by atoms with Gasteiger partial charge in [-0.15, -0.1) is 11.3 Å². The second-order valence-corrected chi connectivity index (χ2v) is 6.59. The molecule has 5 nitrogen and oxygen atoms in total. The predicted molar refractivity (Wildman–Crippen MR) is 82.5 cm³/mol. The Morgan fingerprint density at radius 3 is 3.05 bits per heavy atom. The molecule has 1 fully saturated rings. The average molecular weight is 316 g/mol. The van der Waals surface area contributed by atoms with E-state index >= 15 is 0 Å². The zero-order valence-electron chi connectivity index (χ0n) is 11.1. The van der Waals surface area contributed by atoms with E-state index in [0.29, 0.717) is 5.69 Å². The molecule has 0 radical (unpaired) electrons. The molecule has 1 atom stereocenters. The summed E-state index contributed by atoms with van der Waals surface area (Å²) in [6, 6.07) is 8.16. The predicted octanol–water partition coefficient (Wildman–Crippen LogP) is 3.13. The molecule has 106 valence electrons. The van der Waals surface area contributed by atoms with Crippen molar-refractivity contribution < 1.29 is 4.79 Å². The molecule has 0 spiro atoms. The van der Waals surface area contributed by atoms with Gasteiger partial charge in [0.15, 0.2) is 5.69 Å². The highest BCUT2D eigenvalue weighted by Gasteiger charge is 2.33. The zero-order chi connectivity index (χ0) is 14.2. The number of para-hydroxylation sites is 1. The number of rotatable bonds is 2. The fourth-order valence-corrected chi connectivity index (χ4v) is 4.23. The van der Waals surface area contributed by atoms with Crippen molar-refractivity contribution >= 4 is 39.2 Å². The number of hydrogen-bond donors (Lipinski definition) is 0. The molecule has 21 heavy (non-hydrogen) atoms. The summed E-state index contributed by atoms with van der Waals surface area (Å²) in [4.78, 5) is 19.1. The molecule has 1 aromatic carbocycles. The van der Waals surface area contributed by atoms with Gasteiger partial charge in [-0.3, -0.25) is 4.79 Å². The summed E-state index contributed by atoms with van der Waals surface area (Å²) >= 11 is 2.74. The van der Waals surface area contributed by atoms with Gasteiger partial charge in [0.25, 0.3) is 5.91 Å². The fourth-order valence-electron chi connectivity index (χ4n) is 2.71. The van der Waals surface area contributed by atoms with Crippen molar-refractivity contribution in [1.29, 1.82) is 0 Å². The van der Waals surface area contributed by atoms with Crippen LogP contribution in [0.5, 0.6) is 0 Å². The summed E-state index contributed by atoms with van der Waals surface area (Å²) in [7, 11) is 0. The number of fused-ring (bicyclic) bond motifs is 1. The Labute approximate surface area is 129 Å². The number of hydrogen-bond acceptors (Lipinski definition) is 6. The van der Waals surface area contributed by atoms with Gasteiger partial charge in [-0.2, -0.15) is 8.75 Å². The molecule has 0 bridgehead atoms. The Morgan fingerprint density at radius 1 is 1.33 bits per heavy atom. The molecule has 1 amide bonds. The second-order valence-electron chi connectivity index (χ2n) is 4.97. The van der Waals surface area contributed by atoms with Crippen molar-refractivity contribution in [3.63, 3.8) is 0 Å². The van der Waals surface area contributed by atoms with Crippen LogP contribution in [0.4, 0.5) is 0 Å². The largest absolute Gasteiger partial charge is 0.328 e. The SMILES string of the molecule is O=C(c1cnsn1)N1CCC[C@H]1c1nc2ccccc2s1. The van der Waals surface area contributed by atoms with Gasteiger partial charge >= 0.3 is 0 Å². The molecule has 7 heteroatoms. The van der Waals surface area contributed by atoms with E-state index in [4.69, 9.17) is 4.98 Å². The molecule has 1 aliphatic rings. The van der Waals surface area contributed by atoms with E-state index in [2.05, 4.69) is 14.8 Å². The molecule has 0 unspecified atom stereocenters. The van der Waals surface area contributed by atoms with Crippen LogP contribution in [0.25, 0.3) is 10.2 Å². The number of carbonyl (C=O) groups excluding carboxylic acids is 1. The van der Waals surface area contributed by atoms with Crippen molar-refractivity contribution in [3.8, 4) is 0 Å². The zero-order valence-corrected chi connectivity index (χ0v) is 12.7. The minimum absolute atomic E-state index is 0.0366. The van der Waals surface area contributed by atoms with Gasteiger partial charge in [0.2, 0.25) is 0 Å². The summed E-state index contributed by atoms with van der Waals surface area (Å²) in [6.07, 6.45) is 3.51. The molecule has 3 heterocycles. The van der Waals surface area contributed by atoms with Crippen molar-refractivity contribution in [1.82, 2.24) is 18.6 Å². The minimum Gasteiger partial charge on any atom is -0.328 e. The van der Waals surface area contributed by atoms with Crippen LogP contribution in [0, 0.1) is 0 Å². The first-order valence-electron chi connectivity index (χ1n) is 6.77. The number of carbonyl (C=O) groups is 1. The van der Waals surface area contributed by atoms with E-state index in [1.54, 1.807) is 17.5 Å². The van der Waals surface area contributed by atoms with E-state index < -0.39 is 0 Å². The number of nitrogens with zero attached hydrogens (tertiary/aromatic N) is 4. The van der Waals surface area contributed by atoms with Gasteiger partial charge in [-0.1, -0.05) is 12.1 Å². The first-order valence-corrected chi connectivity index (χ1v) is 8.31. The van der Waals surface area contributed by atoms with Crippen LogP contribution < -0.4 is 0 Å². The third-order valence-electron chi connectivity index (χ3n) is 3.69. The monoisotopic (exact) mass is 316 g/mol. The summed E-state index contributed by atoms with van der Waals surface area (Å²) in [5.41, 5.74) is 1.44. The van der Waals surface area contributed by atoms with Gasteiger partial charge in [-0.25, -0.2) is 4.98 Å². The second kappa shape index (κ2) is 5.16. The highest BCUT2D eigenvalue weighted by atomic mass is 32.1. The summed E-state index contributed by atoms with van der Waals surface area (Å²) in [5.74, 6) is -0.0366. The van der Waals surface area contributed by atoms with Gasteiger partial charge in [0, 0.05) is 6.54 Å². The smallest absolute Gasteiger partial charge is 0.275 e. The van der Waals surface area contributed by atoms with E-state index in [1.807, 2.05) is 23.1 Å². The van der Waals surface area contributed by atoms with Crippen molar-refractivity contribution in [2.75, 3.05) is 6.54 Å². The molecule has 1 aliphatic heterocycles. The minimum atomic E-state index is -0.0366. The number of benzene rings is 1. The lowest BCUT2D eigenvalue weighted by atomic mass is 10.2. The lowest BCUT2D eigenvalue weighted by Crippen LogP contribution is -2.30. The number of likely N-dealkylation sites (tertiary alicyclic amines) is 1. The van der Waals surface area contributed by atoms with Crippen LogP contribution in [-0.4, -0.2) is 31.1 Å². The van der Waals surface area contributed by atoms with Gasteiger partial charge in [0.05, 0.1) is 34.2 Å². The first-order chi connectivity index (χ1) is 10.3. The molecule has 1 saturated heterocycles. The number of thiazole rings is 1. The molecule has 0 saturated carbocycles. The van der Waals surface area contributed by atoms with Crippen LogP contribution in [0.15, 0.2) is 30.5 Å². The Hall–Kier alpha value is -1.86. The maximum absolute atomic E-state index is 12.5. The molecule has 0 N–H and O–H groups in total. The highest BCUT2D eigenvalue weighted by Crippen LogP contribution is 2.37. The molecule has 0 aliphatic carbocycles. The summed E-state index contributed by atoms with van der Waals surface area (Å²) in [6.45, 7) is 0.761. The van der Waals surface area contributed by atoms with E-state index in [9.17, 15) is 4.79 Å². The number of amides is 1. The molecular weight excluding hydrogens is 304 g/mol. The fraction of sp³-hybridized carbons (Fsp3) is 0.286. The summed E-state index contributed by atoms with van der Waals surface area (Å²) < 4.78 is 9.14. The van der Waals surface area contributed by atoms with E-state index in [-0.39, 0.29) is 11.9 Å². The molecular formula is C14H12N4OS2. The molecule has 4 rings (SSSR count). The van der Waals surface area contributed by atoms with Gasteiger partial charge in [-0.05, 0) is 25.0 Å². The number of aromatic nitrogens is 3. The Morgan fingerprint density at radius 2 is 2.24 bits per heavy atom. The lowest BCUT2D eigenvalue weighted by Gasteiger charge is -2.21. The normalized spacial score (nSPS) is 18.5. The van der Waals surface area contributed by atoms with Crippen molar-refractivity contribution in [2.45, 2.75) is 18.9 Å². The quantitative estimate of drug-likeness (QED) is 0.729. The average Bonchev–Trinajstić information content (AvgIpc) is 3.24. The maximum atomic E-state index is 12.5. The Balaban J connectivity index is 1.68. The van der Waals surface area contributed by atoms with Crippen LogP contribution in [0.2, 0.25) is 0 Å². The van der Waals surface area contributed by atoms with Crippen LogP contribution in [-0.2, 0) is 0 Å².